The highest BCUT2D eigenvalue weighted by atomic mass is 79.9. The first-order valence-corrected chi connectivity index (χ1v) is 10.8. The molecule has 0 spiro atoms. The van der Waals surface area contributed by atoms with E-state index in [0.29, 0.717) is 36.6 Å². The van der Waals surface area contributed by atoms with Gasteiger partial charge in [-0.15, -0.1) is 0 Å². The molecule has 28 heavy (non-hydrogen) atoms. The Kier molecular flexibility index (Phi) is 5.46. The van der Waals surface area contributed by atoms with Gasteiger partial charge in [0.05, 0.1) is 10.2 Å². The van der Waals surface area contributed by atoms with E-state index < -0.39 is 0 Å². The number of carbonyl (C=O) groups excluding carboxylic acids is 2. The summed E-state index contributed by atoms with van der Waals surface area (Å²) in [4.78, 5) is 31.7. The van der Waals surface area contributed by atoms with Gasteiger partial charge in [-0.1, -0.05) is 39.4 Å². The third kappa shape index (κ3) is 3.95. The van der Waals surface area contributed by atoms with E-state index in [9.17, 15) is 9.59 Å². The number of para-hydroxylation sites is 1. The number of nitrogens with one attached hydrogen (secondary N) is 1. The van der Waals surface area contributed by atoms with Crippen molar-refractivity contribution in [1.29, 1.82) is 0 Å². The molecule has 0 unspecified atom stereocenters. The molecule has 1 saturated heterocycles. The average molecular weight is 458 g/mol. The summed E-state index contributed by atoms with van der Waals surface area (Å²) < 4.78 is 2.02. The number of aryl methyl sites for hydroxylation is 1. The number of rotatable bonds is 3. The second kappa shape index (κ2) is 8.01. The minimum atomic E-state index is -0.0953. The van der Waals surface area contributed by atoms with Crippen LogP contribution in [0.3, 0.4) is 0 Å². The maximum Gasteiger partial charge on any atom is 0.253 e. The Morgan fingerprint density at radius 3 is 2.54 bits per heavy atom. The standard InChI is InChI=1S/C21H20BrN3O2S/c1-13-3-2-4-17-18(13)23-21(28-17)24-19(26)14-9-11-25(12-10-14)20(27)15-5-7-16(22)8-6-15/h2-8,14H,9-12H2,1H3,(H,23,24,26). The molecular formula is C21H20BrN3O2S. The summed E-state index contributed by atoms with van der Waals surface area (Å²) in [6.07, 6.45) is 1.33. The number of amides is 2. The van der Waals surface area contributed by atoms with Crippen LogP contribution in [-0.4, -0.2) is 34.8 Å². The lowest BCUT2D eigenvalue weighted by Crippen LogP contribution is -2.41. The molecule has 4 rings (SSSR count). The van der Waals surface area contributed by atoms with Crippen LogP contribution >= 0.6 is 27.3 Å². The van der Waals surface area contributed by atoms with E-state index in [1.807, 2.05) is 54.3 Å². The first-order chi connectivity index (χ1) is 13.5. The number of hydrogen-bond acceptors (Lipinski definition) is 4. The van der Waals surface area contributed by atoms with Crippen molar-refractivity contribution in [2.75, 3.05) is 18.4 Å². The minimum absolute atomic E-state index is 0.00699. The number of carbonyl (C=O) groups is 2. The Morgan fingerprint density at radius 1 is 1.14 bits per heavy atom. The van der Waals surface area contributed by atoms with Crippen LogP contribution in [0.5, 0.6) is 0 Å². The van der Waals surface area contributed by atoms with Crippen molar-refractivity contribution in [3.05, 3.63) is 58.1 Å². The van der Waals surface area contributed by atoms with Crippen molar-refractivity contribution in [1.82, 2.24) is 9.88 Å². The van der Waals surface area contributed by atoms with E-state index >= 15 is 0 Å². The normalized spacial score (nSPS) is 15.0. The average Bonchev–Trinajstić information content (AvgIpc) is 3.12. The Morgan fingerprint density at radius 2 is 1.86 bits per heavy atom. The Balaban J connectivity index is 1.36. The number of halogens is 1. The second-order valence-electron chi connectivity index (χ2n) is 7.00. The summed E-state index contributed by atoms with van der Waals surface area (Å²) in [5, 5.41) is 3.61. The minimum Gasteiger partial charge on any atom is -0.339 e. The first kappa shape index (κ1) is 19.1. The molecule has 3 aromatic rings. The van der Waals surface area contributed by atoms with Gasteiger partial charge < -0.3 is 10.2 Å². The smallest absolute Gasteiger partial charge is 0.253 e. The monoisotopic (exact) mass is 457 g/mol. The van der Waals surface area contributed by atoms with Gasteiger partial charge in [0.25, 0.3) is 5.91 Å². The summed E-state index contributed by atoms with van der Waals surface area (Å²) in [5.74, 6) is -0.0810. The largest absolute Gasteiger partial charge is 0.339 e. The van der Waals surface area contributed by atoms with Crippen LogP contribution < -0.4 is 5.32 Å². The highest BCUT2D eigenvalue weighted by molar-refractivity contribution is 9.10. The molecule has 0 atom stereocenters. The second-order valence-corrected chi connectivity index (χ2v) is 8.95. The molecule has 1 fully saturated rings. The molecule has 1 aliphatic rings. The quantitative estimate of drug-likeness (QED) is 0.610. The Labute approximate surface area is 175 Å². The molecule has 7 heteroatoms. The molecule has 0 saturated carbocycles. The van der Waals surface area contributed by atoms with Gasteiger partial charge in [-0.25, -0.2) is 4.98 Å². The van der Waals surface area contributed by atoms with Crippen molar-refractivity contribution in [2.45, 2.75) is 19.8 Å². The van der Waals surface area contributed by atoms with Crippen molar-refractivity contribution in [2.24, 2.45) is 5.92 Å². The van der Waals surface area contributed by atoms with Gasteiger partial charge in [0.1, 0.15) is 0 Å². The SMILES string of the molecule is Cc1cccc2sc(NC(=O)C3CCN(C(=O)c4ccc(Br)cc4)CC3)nc12. The summed E-state index contributed by atoms with van der Waals surface area (Å²) in [6.45, 7) is 3.20. The van der Waals surface area contributed by atoms with Crippen LogP contribution in [0.25, 0.3) is 10.2 Å². The van der Waals surface area contributed by atoms with Gasteiger partial charge in [0.15, 0.2) is 5.13 Å². The molecule has 5 nitrogen and oxygen atoms in total. The van der Waals surface area contributed by atoms with Crippen molar-refractivity contribution in [3.63, 3.8) is 0 Å². The van der Waals surface area contributed by atoms with Crippen LogP contribution in [0.15, 0.2) is 46.9 Å². The zero-order valence-electron chi connectivity index (χ0n) is 15.4. The van der Waals surface area contributed by atoms with E-state index in [2.05, 4.69) is 26.2 Å². The maximum atomic E-state index is 12.7. The molecule has 0 aliphatic carbocycles. The number of nitrogens with zero attached hydrogens (tertiary/aromatic N) is 2. The number of fused-ring (bicyclic) bond motifs is 1. The number of benzene rings is 2. The van der Waals surface area contributed by atoms with Gasteiger partial charge in [0, 0.05) is 29.0 Å². The van der Waals surface area contributed by atoms with Crippen LogP contribution in [0.1, 0.15) is 28.8 Å². The van der Waals surface area contributed by atoms with Gasteiger partial charge in [-0.3, -0.25) is 9.59 Å². The van der Waals surface area contributed by atoms with Gasteiger partial charge in [-0.2, -0.15) is 0 Å². The molecule has 2 amide bonds. The molecule has 1 aromatic heterocycles. The number of aromatic nitrogens is 1. The van der Waals surface area contributed by atoms with Crippen LogP contribution in [0.2, 0.25) is 0 Å². The molecule has 0 bridgehead atoms. The van der Waals surface area contributed by atoms with Gasteiger partial charge in [0.2, 0.25) is 5.91 Å². The number of hydrogen-bond donors (Lipinski definition) is 1. The van der Waals surface area contributed by atoms with E-state index in [1.165, 1.54) is 11.3 Å². The summed E-state index contributed by atoms with van der Waals surface area (Å²) >= 11 is 4.88. The summed E-state index contributed by atoms with van der Waals surface area (Å²) in [6, 6.07) is 13.4. The third-order valence-electron chi connectivity index (χ3n) is 5.09. The van der Waals surface area contributed by atoms with E-state index in [0.717, 1.165) is 20.3 Å². The highest BCUT2D eigenvalue weighted by Crippen LogP contribution is 2.29. The van der Waals surface area contributed by atoms with Gasteiger partial charge >= 0.3 is 0 Å². The van der Waals surface area contributed by atoms with Crippen molar-refractivity contribution < 1.29 is 9.59 Å². The molecule has 0 radical (unpaired) electrons. The summed E-state index contributed by atoms with van der Waals surface area (Å²) in [7, 11) is 0. The maximum absolute atomic E-state index is 12.7. The number of piperidine rings is 1. The van der Waals surface area contributed by atoms with Crippen LogP contribution in [0.4, 0.5) is 5.13 Å². The van der Waals surface area contributed by atoms with E-state index in [1.54, 1.807) is 0 Å². The number of thiazole rings is 1. The van der Waals surface area contributed by atoms with E-state index in [4.69, 9.17) is 0 Å². The number of anilines is 1. The Hall–Kier alpha value is -2.25. The van der Waals surface area contributed by atoms with E-state index in [-0.39, 0.29) is 17.7 Å². The molecular weight excluding hydrogens is 438 g/mol. The first-order valence-electron chi connectivity index (χ1n) is 9.23. The third-order valence-corrected chi connectivity index (χ3v) is 6.56. The molecule has 1 aliphatic heterocycles. The molecule has 2 aromatic carbocycles. The lowest BCUT2D eigenvalue weighted by molar-refractivity contribution is -0.121. The summed E-state index contributed by atoms with van der Waals surface area (Å²) in [5.41, 5.74) is 2.72. The van der Waals surface area contributed by atoms with Crippen LogP contribution in [0, 0.1) is 12.8 Å². The molecule has 2 heterocycles. The topological polar surface area (TPSA) is 62.3 Å². The highest BCUT2D eigenvalue weighted by Gasteiger charge is 2.28. The number of likely N-dealkylation sites (tertiary alicyclic amines) is 1. The molecule has 1 N–H and O–H groups in total. The lowest BCUT2D eigenvalue weighted by Gasteiger charge is -2.31. The predicted molar refractivity (Wildman–Crippen MR) is 116 cm³/mol. The molecule has 144 valence electrons. The predicted octanol–water partition coefficient (Wildman–Crippen LogP) is 4.86. The zero-order chi connectivity index (χ0) is 19.7. The fourth-order valence-electron chi connectivity index (χ4n) is 3.47. The lowest BCUT2D eigenvalue weighted by atomic mass is 9.95. The van der Waals surface area contributed by atoms with Gasteiger partial charge in [-0.05, 0) is 55.7 Å². The van der Waals surface area contributed by atoms with Crippen LogP contribution in [-0.2, 0) is 4.79 Å². The zero-order valence-corrected chi connectivity index (χ0v) is 17.8. The van der Waals surface area contributed by atoms with Crippen molar-refractivity contribution in [3.8, 4) is 0 Å². The fraction of sp³-hybridized carbons (Fsp3) is 0.286. The fourth-order valence-corrected chi connectivity index (χ4v) is 4.68. The Bertz CT molecular complexity index is 1020. The van der Waals surface area contributed by atoms with Crippen molar-refractivity contribution >= 4 is 54.4 Å².